The summed E-state index contributed by atoms with van der Waals surface area (Å²) >= 11 is 2.81. The van der Waals surface area contributed by atoms with E-state index in [1.807, 2.05) is 25.7 Å². The Morgan fingerprint density at radius 3 is 2.70 bits per heavy atom. The average Bonchev–Trinajstić information content (AvgIpc) is 3.13. The Morgan fingerprint density at radius 2 is 2.04 bits per heavy atom. The lowest BCUT2D eigenvalue weighted by Crippen LogP contribution is -2.44. The molecular weight excluding hydrogens is 336 g/mol. The Bertz CT molecular complexity index is 694. The van der Waals surface area contributed by atoms with Gasteiger partial charge in [-0.25, -0.2) is 4.98 Å². The predicted molar refractivity (Wildman–Crippen MR) is 87.6 cm³/mol. The summed E-state index contributed by atoms with van der Waals surface area (Å²) in [5.74, 6) is 0.532. The van der Waals surface area contributed by atoms with Crippen LogP contribution in [0.5, 0.6) is 0 Å². The van der Waals surface area contributed by atoms with Gasteiger partial charge in [0, 0.05) is 13.1 Å². The maximum Gasteiger partial charge on any atom is 0.277 e. The number of amides is 1. The lowest BCUT2D eigenvalue weighted by molar-refractivity contribution is -0.134. The van der Waals surface area contributed by atoms with Crippen LogP contribution in [0.1, 0.15) is 17.6 Å². The Morgan fingerprint density at radius 1 is 1.30 bits per heavy atom. The SMILES string of the molecule is Cc1nc(C)c(-c2nnc(SC(C)C(=O)N3CCOCC3)o2)s1. The van der Waals surface area contributed by atoms with Gasteiger partial charge in [0.1, 0.15) is 4.88 Å². The predicted octanol–water partition coefficient (Wildman–Crippen LogP) is 2.15. The van der Waals surface area contributed by atoms with Crippen LogP contribution >= 0.6 is 23.1 Å². The quantitative estimate of drug-likeness (QED) is 0.778. The van der Waals surface area contributed by atoms with Gasteiger partial charge in [-0.3, -0.25) is 4.79 Å². The largest absolute Gasteiger partial charge is 0.410 e. The number of morpholine rings is 1. The molecule has 0 saturated carbocycles. The van der Waals surface area contributed by atoms with E-state index < -0.39 is 0 Å². The number of carbonyl (C=O) groups is 1. The first-order valence-electron chi connectivity index (χ1n) is 7.35. The number of carbonyl (C=O) groups excluding carboxylic acids is 1. The van der Waals surface area contributed by atoms with E-state index in [-0.39, 0.29) is 11.2 Å². The molecule has 0 spiro atoms. The van der Waals surface area contributed by atoms with Crippen molar-refractivity contribution in [3.8, 4) is 10.8 Å². The van der Waals surface area contributed by atoms with Gasteiger partial charge in [0.2, 0.25) is 5.91 Å². The Balaban J connectivity index is 1.66. The van der Waals surface area contributed by atoms with Crippen LogP contribution in [-0.4, -0.2) is 57.5 Å². The van der Waals surface area contributed by atoms with Crippen LogP contribution in [0.3, 0.4) is 0 Å². The Hall–Kier alpha value is -1.45. The molecule has 0 radical (unpaired) electrons. The number of thioether (sulfide) groups is 1. The van der Waals surface area contributed by atoms with Gasteiger partial charge >= 0.3 is 0 Å². The number of aromatic nitrogens is 3. The number of thiazole rings is 1. The molecule has 23 heavy (non-hydrogen) atoms. The molecule has 2 aromatic heterocycles. The van der Waals surface area contributed by atoms with Crippen LogP contribution in [0, 0.1) is 13.8 Å². The minimum absolute atomic E-state index is 0.0721. The first kappa shape index (κ1) is 16.4. The number of hydrogen-bond donors (Lipinski definition) is 0. The molecule has 1 atom stereocenters. The zero-order chi connectivity index (χ0) is 16.4. The van der Waals surface area contributed by atoms with Crippen LogP contribution in [0.4, 0.5) is 0 Å². The fourth-order valence-electron chi connectivity index (χ4n) is 2.32. The van der Waals surface area contributed by atoms with Gasteiger partial charge in [-0.15, -0.1) is 21.5 Å². The van der Waals surface area contributed by atoms with Crippen molar-refractivity contribution in [3.63, 3.8) is 0 Å². The third-order valence-electron chi connectivity index (χ3n) is 3.45. The van der Waals surface area contributed by atoms with Gasteiger partial charge < -0.3 is 14.1 Å². The van der Waals surface area contributed by atoms with Crippen molar-refractivity contribution < 1.29 is 13.9 Å². The van der Waals surface area contributed by atoms with Gasteiger partial charge in [-0.05, 0) is 20.8 Å². The molecule has 7 nitrogen and oxygen atoms in total. The maximum absolute atomic E-state index is 12.4. The summed E-state index contributed by atoms with van der Waals surface area (Å²) < 4.78 is 11.0. The fraction of sp³-hybridized carbons (Fsp3) is 0.571. The van der Waals surface area contributed by atoms with Crippen molar-refractivity contribution in [1.82, 2.24) is 20.1 Å². The molecular formula is C14H18N4O3S2. The van der Waals surface area contributed by atoms with Crippen LogP contribution in [0.2, 0.25) is 0 Å². The number of aryl methyl sites for hydroxylation is 2. The molecule has 0 aliphatic carbocycles. The van der Waals surface area contributed by atoms with Gasteiger partial charge in [0.15, 0.2) is 0 Å². The summed E-state index contributed by atoms with van der Waals surface area (Å²) in [6, 6.07) is 0. The lowest BCUT2D eigenvalue weighted by Gasteiger charge is -2.28. The number of nitrogens with zero attached hydrogens (tertiary/aromatic N) is 4. The second-order valence-electron chi connectivity index (χ2n) is 5.22. The molecule has 0 bridgehead atoms. The first-order valence-corrected chi connectivity index (χ1v) is 9.05. The Kier molecular flexibility index (Phi) is 4.98. The molecule has 1 amide bonds. The van der Waals surface area contributed by atoms with Crippen molar-refractivity contribution >= 4 is 29.0 Å². The molecule has 1 saturated heterocycles. The van der Waals surface area contributed by atoms with E-state index in [1.54, 1.807) is 0 Å². The highest BCUT2D eigenvalue weighted by molar-refractivity contribution is 8.00. The summed E-state index contributed by atoms with van der Waals surface area (Å²) in [7, 11) is 0. The Labute approximate surface area is 142 Å². The number of rotatable bonds is 4. The molecule has 2 aromatic rings. The van der Waals surface area contributed by atoms with E-state index >= 15 is 0 Å². The molecule has 0 aromatic carbocycles. The van der Waals surface area contributed by atoms with Gasteiger partial charge in [0.05, 0.1) is 29.2 Å². The highest BCUT2D eigenvalue weighted by atomic mass is 32.2. The maximum atomic E-state index is 12.4. The van der Waals surface area contributed by atoms with Crippen molar-refractivity contribution in [2.45, 2.75) is 31.2 Å². The average molecular weight is 354 g/mol. The second-order valence-corrected chi connectivity index (χ2v) is 7.71. The van der Waals surface area contributed by atoms with Crippen LogP contribution in [0.25, 0.3) is 10.8 Å². The number of ether oxygens (including phenoxy) is 1. The summed E-state index contributed by atoms with van der Waals surface area (Å²) in [5.41, 5.74) is 0.880. The van der Waals surface area contributed by atoms with Crippen LogP contribution in [0.15, 0.2) is 9.64 Å². The molecule has 1 fully saturated rings. The van der Waals surface area contributed by atoms with Crippen molar-refractivity contribution in [3.05, 3.63) is 10.7 Å². The molecule has 0 N–H and O–H groups in total. The zero-order valence-corrected chi connectivity index (χ0v) is 14.9. The van der Waals surface area contributed by atoms with E-state index in [0.29, 0.717) is 37.4 Å². The highest BCUT2D eigenvalue weighted by Crippen LogP contribution is 2.31. The van der Waals surface area contributed by atoms with Crippen molar-refractivity contribution in [1.29, 1.82) is 0 Å². The monoisotopic (exact) mass is 354 g/mol. The molecule has 3 heterocycles. The molecule has 3 rings (SSSR count). The third-order valence-corrected chi connectivity index (χ3v) is 5.44. The van der Waals surface area contributed by atoms with Crippen LogP contribution < -0.4 is 0 Å². The van der Waals surface area contributed by atoms with Gasteiger partial charge in [-0.1, -0.05) is 11.8 Å². The minimum atomic E-state index is -0.273. The van der Waals surface area contributed by atoms with E-state index in [1.165, 1.54) is 23.1 Å². The number of hydrogen-bond acceptors (Lipinski definition) is 8. The molecule has 9 heteroatoms. The normalized spacial score (nSPS) is 16.6. The molecule has 1 unspecified atom stereocenters. The van der Waals surface area contributed by atoms with Crippen molar-refractivity contribution in [2.24, 2.45) is 0 Å². The molecule has 124 valence electrons. The third kappa shape index (κ3) is 3.73. The standard InChI is InChI=1S/C14H18N4O3S2/c1-8-11(23-10(3)15-8)12-16-17-14(21-12)22-9(2)13(19)18-4-6-20-7-5-18/h9H,4-7H2,1-3H3. The fourth-order valence-corrected chi connectivity index (χ4v) is 3.93. The van der Waals surface area contributed by atoms with E-state index in [4.69, 9.17) is 9.15 Å². The summed E-state index contributed by atoms with van der Waals surface area (Å²) in [4.78, 5) is 19.4. The topological polar surface area (TPSA) is 81.4 Å². The zero-order valence-electron chi connectivity index (χ0n) is 13.2. The van der Waals surface area contributed by atoms with E-state index in [2.05, 4.69) is 15.2 Å². The summed E-state index contributed by atoms with van der Waals surface area (Å²) in [6.45, 7) is 8.18. The van der Waals surface area contributed by atoms with E-state index in [9.17, 15) is 4.79 Å². The molecule has 1 aliphatic heterocycles. The minimum Gasteiger partial charge on any atom is -0.410 e. The smallest absolute Gasteiger partial charge is 0.277 e. The van der Waals surface area contributed by atoms with Gasteiger partial charge in [-0.2, -0.15) is 0 Å². The van der Waals surface area contributed by atoms with E-state index in [0.717, 1.165) is 15.6 Å². The molecule has 1 aliphatic rings. The highest BCUT2D eigenvalue weighted by Gasteiger charge is 2.25. The van der Waals surface area contributed by atoms with Gasteiger partial charge in [0.25, 0.3) is 11.1 Å². The van der Waals surface area contributed by atoms with Crippen LogP contribution in [-0.2, 0) is 9.53 Å². The summed E-state index contributed by atoms with van der Waals surface area (Å²) in [5, 5.41) is 9.20. The van der Waals surface area contributed by atoms with Crippen molar-refractivity contribution in [2.75, 3.05) is 26.3 Å². The lowest BCUT2D eigenvalue weighted by atomic mass is 10.3. The second kappa shape index (κ2) is 6.98. The first-order chi connectivity index (χ1) is 11.0. The summed E-state index contributed by atoms with van der Waals surface area (Å²) in [6.07, 6.45) is 0.